The number of guanidine groups is 1. The molecule has 8 heteroatoms. The third kappa shape index (κ3) is 7.17. The van der Waals surface area contributed by atoms with Crippen LogP contribution in [0.2, 0.25) is 10.0 Å². The van der Waals surface area contributed by atoms with Gasteiger partial charge in [0, 0.05) is 46.1 Å². The minimum atomic E-state index is 0.516. The second-order valence-corrected chi connectivity index (χ2v) is 7.26. The van der Waals surface area contributed by atoms with Crippen LogP contribution in [-0.2, 0) is 4.74 Å². The van der Waals surface area contributed by atoms with E-state index >= 15 is 0 Å². The fourth-order valence-electron chi connectivity index (χ4n) is 2.87. The number of rotatable bonds is 8. The van der Waals surface area contributed by atoms with Crippen LogP contribution in [0.3, 0.4) is 0 Å². The summed E-state index contributed by atoms with van der Waals surface area (Å²) in [4.78, 5) is 11.1. The van der Waals surface area contributed by atoms with E-state index in [-0.39, 0.29) is 0 Å². The Bertz CT molecular complexity index is 579. The molecule has 0 atom stereocenters. The predicted molar refractivity (Wildman–Crippen MR) is 110 cm³/mol. The van der Waals surface area contributed by atoms with Crippen LogP contribution >= 0.6 is 23.2 Å². The van der Waals surface area contributed by atoms with Gasteiger partial charge >= 0.3 is 0 Å². The first-order valence-corrected chi connectivity index (χ1v) is 9.97. The molecule has 1 aromatic rings. The molecule has 26 heavy (non-hydrogen) atoms. The van der Waals surface area contributed by atoms with Crippen molar-refractivity contribution < 1.29 is 4.74 Å². The van der Waals surface area contributed by atoms with Gasteiger partial charge < -0.3 is 20.3 Å². The molecule has 1 aliphatic heterocycles. The summed E-state index contributed by atoms with van der Waals surface area (Å²) < 4.78 is 5.43. The third-order valence-corrected chi connectivity index (χ3v) is 4.88. The maximum absolute atomic E-state index is 6.11. The molecule has 0 aliphatic carbocycles. The molecule has 0 unspecified atom stereocenters. The van der Waals surface area contributed by atoms with Crippen molar-refractivity contribution in [3.63, 3.8) is 0 Å². The number of hydrogen-bond donors (Lipinski definition) is 2. The molecule has 2 N–H and O–H groups in total. The predicted octanol–water partition coefficient (Wildman–Crippen LogP) is 3.51. The maximum Gasteiger partial charge on any atom is 0.193 e. The molecule has 0 bridgehead atoms. The van der Waals surface area contributed by atoms with Crippen molar-refractivity contribution in [1.29, 1.82) is 0 Å². The lowest BCUT2D eigenvalue weighted by Gasteiger charge is -2.26. The van der Waals surface area contributed by atoms with Gasteiger partial charge in [-0.25, -0.2) is 4.98 Å². The molecule has 1 saturated heterocycles. The van der Waals surface area contributed by atoms with Gasteiger partial charge in [0.25, 0.3) is 0 Å². The molecule has 2 heterocycles. The Morgan fingerprint density at radius 2 is 2.15 bits per heavy atom. The van der Waals surface area contributed by atoms with E-state index in [9.17, 15) is 0 Å². The van der Waals surface area contributed by atoms with Crippen LogP contribution in [0.1, 0.15) is 26.2 Å². The van der Waals surface area contributed by atoms with Crippen molar-refractivity contribution >= 4 is 35.0 Å². The first-order chi connectivity index (χ1) is 12.6. The van der Waals surface area contributed by atoms with Crippen LogP contribution in [0, 0.1) is 5.92 Å². The van der Waals surface area contributed by atoms with Gasteiger partial charge in [0.05, 0.1) is 16.6 Å². The van der Waals surface area contributed by atoms with Gasteiger partial charge in [-0.2, -0.15) is 0 Å². The van der Waals surface area contributed by atoms with Crippen molar-refractivity contribution in [2.24, 2.45) is 10.9 Å². The smallest absolute Gasteiger partial charge is 0.193 e. The van der Waals surface area contributed by atoms with Crippen molar-refractivity contribution in [1.82, 2.24) is 15.2 Å². The molecular weight excluding hydrogens is 373 g/mol. The zero-order chi connectivity index (χ0) is 18.8. The lowest BCUT2D eigenvalue weighted by Crippen LogP contribution is -2.40. The molecule has 6 nitrogen and oxygen atoms in total. The molecule has 2 rings (SSSR count). The molecule has 0 spiro atoms. The number of anilines is 1. The van der Waals surface area contributed by atoms with Crippen molar-refractivity contribution in [2.45, 2.75) is 26.2 Å². The van der Waals surface area contributed by atoms with Crippen LogP contribution < -0.4 is 10.6 Å². The maximum atomic E-state index is 6.11. The van der Waals surface area contributed by atoms with Gasteiger partial charge in [-0.15, -0.1) is 0 Å². The Balaban J connectivity index is 1.78. The number of aliphatic imine (C=N–C) groups is 1. The Kier molecular flexibility index (Phi) is 9.29. The van der Waals surface area contributed by atoms with Gasteiger partial charge in [0.1, 0.15) is 5.82 Å². The highest BCUT2D eigenvalue weighted by molar-refractivity contribution is 6.35. The highest BCUT2D eigenvalue weighted by Gasteiger charge is 2.15. The normalized spacial score (nSPS) is 15.8. The van der Waals surface area contributed by atoms with Crippen LogP contribution in [0.4, 0.5) is 5.82 Å². The number of aromatic nitrogens is 1. The molecular formula is C18H29Cl2N5O. The van der Waals surface area contributed by atoms with E-state index in [1.165, 1.54) is 19.3 Å². The molecule has 1 fully saturated rings. The van der Waals surface area contributed by atoms with E-state index in [4.69, 9.17) is 27.9 Å². The van der Waals surface area contributed by atoms with E-state index in [0.29, 0.717) is 29.0 Å². The summed E-state index contributed by atoms with van der Waals surface area (Å²) in [6, 6.07) is 1.68. The Hall–Kier alpha value is -1.24. The van der Waals surface area contributed by atoms with Crippen LogP contribution in [0.5, 0.6) is 0 Å². The molecule has 0 radical (unpaired) electrons. The average molecular weight is 402 g/mol. The van der Waals surface area contributed by atoms with Crippen LogP contribution in [0.15, 0.2) is 17.3 Å². The van der Waals surface area contributed by atoms with Gasteiger partial charge in [-0.3, -0.25) is 4.99 Å². The summed E-state index contributed by atoms with van der Waals surface area (Å²) in [5, 5.41) is 7.59. The molecule has 1 aliphatic rings. The number of halogens is 2. The summed E-state index contributed by atoms with van der Waals surface area (Å²) in [6.45, 7) is 7.00. The zero-order valence-corrected chi connectivity index (χ0v) is 17.1. The Labute approximate surface area is 166 Å². The van der Waals surface area contributed by atoms with E-state index < -0.39 is 0 Å². The van der Waals surface area contributed by atoms with Crippen LogP contribution in [-0.4, -0.2) is 62.3 Å². The largest absolute Gasteiger partial charge is 0.381 e. The highest BCUT2D eigenvalue weighted by Crippen LogP contribution is 2.22. The lowest BCUT2D eigenvalue weighted by molar-refractivity contribution is 0.0625. The van der Waals surface area contributed by atoms with Crippen molar-refractivity contribution in [3.05, 3.63) is 22.3 Å². The molecule has 0 aromatic carbocycles. The second kappa shape index (κ2) is 11.5. The number of nitrogens with one attached hydrogen (secondary N) is 2. The standard InChI is InChI=1S/C18H29Cl2N5O/c1-3-21-18(25(2)9-4-14-5-10-26-11-6-14)23-8-7-22-17-16(20)12-15(19)13-24-17/h12-14H,3-11H2,1-2H3,(H,21,23)(H,22,24). The third-order valence-electron chi connectivity index (χ3n) is 4.38. The fraction of sp³-hybridized carbons (Fsp3) is 0.667. The van der Waals surface area contributed by atoms with E-state index in [1.54, 1.807) is 12.3 Å². The minimum absolute atomic E-state index is 0.516. The van der Waals surface area contributed by atoms with Gasteiger partial charge in [-0.05, 0) is 38.2 Å². The minimum Gasteiger partial charge on any atom is -0.381 e. The van der Waals surface area contributed by atoms with Gasteiger partial charge in [0.2, 0.25) is 0 Å². The Morgan fingerprint density at radius 1 is 1.38 bits per heavy atom. The number of pyridine rings is 1. The van der Waals surface area contributed by atoms with E-state index in [2.05, 4.69) is 39.5 Å². The SMILES string of the molecule is CCNC(=NCCNc1ncc(Cl)cc1Cl)N(C)CCC1CCOCC1. The number of ether oxygens (including phenoxy) is 1. The van der Waals surface area contributed by atoms with Gasteiger partial charge in [0.15, 0.2) is 5.96 Å². The fourth-order valence-corrected chi connectivity index (χ4v) is 3.31. The van der Waals surface area contributed by atoms with Crippen molar-refractivity contribution in [3.8, 4) is 0 Å². The van der Waals surface area contributed by atoms with E-state index in [1.807, 2.05) is 0 Å². The van der Waals surface area contributed by atoms with Gasteiger partial charge in [-0.1, -0.05) is 23.2 Å². The summed E-state index contributed by atoms with van der Waals surface area (Å²) in [7, 11) is 2.09. The number of hydrogen-bond acceptors (Lipinski definition) is 4. The first-order valence-electron chi connectivity index (χ1n) is 9.22. The highest BCUT2D eigenvalue weighted by atomic mass is 35.5. The molecule has 1 aromatic heterocycles. The molecule has 146 valence electrons. The topological polar surface area (TPSA) is 61.8 Å². The summed E-state index contributed by atoms with van der Waals surface area (Å²) in [5.41, 5.74) is 0. The zero-order valence-electron chi connectivity index (χ0n) is 15.6. The van der Waals surface area contributed by atoms with Crippen molar-refractivity contribution in [2.75, 3.05) is 51.8 Å². The summed E-state index contributed by atoms with van der Waals surface area (Å²) >= 11 is 12.0. The van der Waals surface area contributed by atoms with E-state index in [0.717, 1.165) is 38.2 Å². The lowest BCUT2D eigenvalue weighted by atomic mass is 9.96. The monoisotopic (exact) mass is 401 g/mol. The summed E-state index contributed by atoms with van der Waals surface area (Å²) in [5.74, 6) is 2.31. The first kappa shape index (κ1) is 21.1. The Morgan fingerprint density at radius 3 is 2.85 bits per heavy atom. The second-order valence-electron chi connectivity index (χ2n) is 6.41. The summed E-state index contributed by atoms with van der Waals surface area (Å²) in [6.07, 6.45) is 5.08. The molecule has 0 amide bonds. The average Bonchev–Trinajstić information content (AvgIpc) is 2.64. The molecule has 0 saturated carbocycles. The van der Waals surface area contributed by atoms with Crippen LogP contribution in [0.25, 0.3) is 0 Å². The number of nitrogens with zero attached hydrogens (tertiary/aromatic N) is 3. The quantitative estimate of drug-likeness (QED) is 0.396.